The summed E-state index contributed by atoms with van der Waals surface area (Å²) in [4.78, 5) is 38.6. The highest BCUT2D eigenvalue weighted by molar-refractivity contribution is 5.97. The number of anilines is 1. The Hall–Kier alpha value is -4.26. The van der Waals surface area contributed by atoms with E-state index in [2.05, 4.69) is 10.4 Å². The second kappa shape index (κ2) is 9.70. The van der Waals surface area contributed by atoms with E-state index in [1.54, 1.807) is 48.5 Å². The van der Waals surface area contributed by atoms with E-state index in [0.29, 0.717) is 27.7 Å². The number of ether oxygens (including phenoxy) is 1. The lowest BCUT2D eigenvalue weighted by molar-refractivity contribution is -0.154. The summed E-state index contributed by atoms with van der Waals surface area (Å²) in [5.41, 5.74) is 3.27. The number of hydrogen-bond donors (Lipinski definition) is 1. The zero-order valence-electron chi connectivity index (χ0n) is 19.2. The number of hydrogen-bond acceptors (Lipinski definition) is 5. The Kier molecular flexibility index (Phi) is 6.54. The van der Waals surface area contributed by atoms with Gasteiger partial charge in [-0.15, -0.1) is 0 Å². The fourth-order valence-corrected chi connectivity index (χ4v) is 3.79. The van der Waals surface area contributed by atoms with E-state index in [1.165, 1.54) is 11.7 Å². The van der Waals surface area contributed by atoms with Gasteiger partial charge < -0.3 is 10.1 Å². The minimum atomic E-state index is -1.15. The lowest BCUT2D eigenvalue weighted by Gasteiger charge is -2.19. The average Bonchev–Trinajstić information content (AvgIpc) is 2.83. The van der Waals surface area contributed by atoms with Gasteiger partial charge in [0.1, 0.15) is 0 Å². The largest absolute Gasteiger partial charge is 0.447 e. The summed E-state index contributed by atoms with van der Waals surface area (Å²) < 4.78 is 6.89. The molecule has 3 aromatic carbocycles. The number of amides is 1. The minimum Gasteiger partial charge on any atom is -0.447 e. The fourth-order valence-electron chi connectivity index (χ4n) is 3.79. The van der Waals surface area contributed by atoms with Crippen LogP contribution in [0.5, 0.6) is 0 Å². The Labute approximate surface area is 197 Å². The van der Waals surface area contributed by atoms with Crippen molar-refractivity contribution in [2.24, 2.45) is 7.05 Å². The molecule has 0 fully saturated rings. The number of esters is 1. The second-order valence-corrected chi connectivity index (χ2v) is 8.19. The quantitative estimate of drug-likeness (QED) is 0.444. The van der Waals surface area contributed by atoms with Gasteiger partial charge in [-0.3, -0.25) is 14.4 Å². The first-order valence-electron chi connectivity index (χ1n) is 10.9. The van der Waals surface area contributed by atoms with Crippen LogP contribution in [-0.4, -0.2) is 21.7 Å². The highest BCUT2D eigenvalue weighted by atomic mass is 16.5. The van der Waals surface area contributed by atoms with Crippen molar-refractivity contribution in [2.45, 2.75) is 26.4 Å². The number of aryl methyl sites for hydroxylation is 3. The molecule has 7 heteroatoms. The van der Waals surface area contributed by atoms with Crippen LogP contribution in [0.4, 0.5) is 5.69 Å². The molecule has 0 aliphatic carbocycles. The van der Waals surface area contributed by atoms with Gasteiger partial charge in [0.05, 0.1) is 17.5 Å². The summed E-state index contributed by atoms with van der Waals surface area (Å²) in [7, 11) is 1.54. The van der Waals surface area contributed by atoms with Crippen molar-refractivity contribution in [3.05, 3.63) is 106 Å². The predicted octanol–water partition coefficient (Wildman–Crippen LogP) is 4.02. The van der Waals surface area contributed by atoms with Gasteiger partial charge in [-0.05, 0) is 37.1 Å². The lowest BCUT2D eigenvalue weighted by Crippen LogP contribution is -2.28. The first-order chi connectivity index (χ1) is 16.3. The van der Waals surface area contributed by atoms with Gasteiger partial charge in [-0.2, -0.15) is 5.10 Å². The van der Waals surface area contributed by atoms with E-state index in [9.17, 15) is 14.4 Å². The van der Waals surface area contributed by atoms with Crippen molar-refractivity contribution in [3.63, 3.8) is 0 Å². The Morgan fingerprint density at radius 3 is 2.38 bits per heavy atom. The minimum absolute atomic E-state index is 0.186. The Bertz CT molecular complexity index is 1430. The fraction of sp³-hybridized carbons (Fsp3) is 0.185. The molecule has 0 saturated carbocycles. The third kappa shape index (κ3) is 4.88. The molecule has 34 heavy (non-hydrogen) atoms. The maximum Gasteiger partial charge on any atom is 0.313 e. The molecule has 0 spiro atoms. The highest BCUT2D eigenvalue weighted by Crippen LogP contribution is 2.24. The molecular formula is C27H25N3O4. The normalized spacial score (nSPS) is 11.7. The number of carbonyl (C=O) groups is 2. The van der Waals surface area contributed by atoms with Crippen LogP contribution < -0.4 is 10.9 Å². The maximum atomic E-state index is 13.2. The number of rotatable bonds is 6. The second-order valence-electron chi connectivity index (χ2n) is 8.19. The average molecular weight is 456 g/mol. The Morgan fingerprint density at radius 1 is 0.971 bits per heavy atom. The van der Waals surface area contributed by atoms with E-state index in [1.807, 2.05) is 38.1 Å². The maximum absolute atomic E-state index is 13.2. The van der Waals surface area contributed by atoms with Gasteiger partial charge in [-0.25, -0.2) is 4.68 Å². The number of aromatic nitrogens is 2. The molecule has 0 aliphatic heterocycles. The monoisotopic (exact) mass is 455 g/mol. The van der Waals surface area contributed by atoms with Crippen LogP contribution >= 0.6 is 0 Å². The van der Waals surface area contributed by atoms with Crippen molar-refractivity contribution in [1.29, 1.82) is 0 Å². The van der Waals surface area contributed by atoms with Crippen LogP contribution in [0.3, 0.4) is 0 Å². The third-order valence-electron chi connectivity index (χ3n) is 5.59. The van der Waals surface area contributed by atoms with Crippen LogP contribution in [-0.2, 0) is 27.8 Å². The van der Waals surface area contributed by atoms with Gasteiger partial charge in [0, 0.05) is 23.7 Å². The van der Waals surface area contributed by atoms with Crippen molar-refractivity contribution in [3.8, 4) is 0 Å². The molecule has 0 aliphatic rings. The highest BCUT2D eigenvalue weighted by Gasteiger charge is 2.26. The molecule has 1 heterocycles. The Morgan fingerprint density at radius 2 is 1.65 bits per heavy atom. The first-order valence-corrected chi connectivity index (χ1v) is 10.9. The smallest absolute Gasteiger partial charge is 0.313 e. The van der Waals surface area contributed by atoms with Crippen LogP contribution in [0.25, 0.3) is 10.8 Å². The number of fused-ring (bicyclic) bond motifs is 1. The van der Waals surface area contributed by atoms with E-state index in [4.69, 9.17) is 4.74 Å². The van der Waals surface area contributed by atoms with Crippen LogP contribution in [0.2, 0.25) is 0 Å². The summed E-state index contributed by atoms with van der Waals surface area (Å²) in [6.45, 7) is 3.84. The molecule has 1 atom stereocenters. The summed E-state index contributed by atoms with van der Waals surface area (Å²) in [5, 5.41) is 8.20. The van der Waals surface area contributed by atoms with Crippen molar-refractivity contribution >= 4 is 28.3 Å². The molecule has 0 radical (unpaired) electrons. The molecule has 4 aromatic rings. The molecule has 0 saturated heterocycles. The topological polar surface area (TPSA) is 90.3 Å². The molecule has 1 unspecified atom stereocenters. The van der Waals surface area contributed by atoms with Crippen LogP contribution in [0, 0.1) is 13.8 Å². The molecule has 1 N–H and O–H groups in total. The zero-order chi connectivity index (χ0) is 24.2. The molecule has 4 rings (SSSR count). The van der Waals surface area contributed by atoms with E-state index >= 15 is 0 Å². The Balaban J connectivity index is 1.61. The predicted molar refractivity (Wildman–Crippen MR) is 131 cm³/mol. The van der Waals surface area contributed by atoms with Gasteiger partial charge in [0.2, 0.25) is 6.10 Å². The molecule has 1 aromatic heterocycles. The standard InChI is InChI=1S/C27H25N3O4/c1-17-13-14-18(2)22(15-17)28-26(32)25(19-9-5-4-6-10-19)34-24(31)16-23-20-11-7-8-12-21(20)27(33)30(3)29-23/h4-15,25H,16H2,1-3H3,(H,28,32). The molecule has 172 valence electrons. The lowest BCUT2D eigenvalue weighted by atomic mass is 10.1. The van der Waals surface area contributed by atoms with Crippen LogP contribution in [0.1, 0.15) is 28.5 Å². The molecule has 0 bridgehead atoms. The van der Waals surface area contributed by atoms with E-state index in [-0.39, 0.29) is 12.0 Å². The van der Waals surface area contributed by atoms with Crippen molar-refractivity contribution in [1.82, 2.24) is 9.78 Å². The summed E-state index contributed by atoms with van der Waals surface area (Å²) >= 11 is 0. The zero-order valence-corrected chi connectivity index (χ0v) is 19.2. The van der Waals surface area contributed by atoms with E-state index in [0.717, 1.165) is 11.1 Å². The SMILES string of the molecule is Cc1ccc(C)c(NC(=O)C(OC(=O)Cc2nn(C)c(=O)c3ccccc23)c2ccccc2)c1. The summed E-state index contributed by atoms with van der Waals surface area (Å²) in [6, 6.07) is 21.6. The van der Waals surface area contributed by atoms with Crippen molar-refractivity contribution < 1.29 is 14.3 Å². The van der Waals surface area contributed by atoms with Gasteiger partial charge in [-0.1, -0.05) is 60.7 Å². The third-order valence-corrected chi connectivity index (χ3v) is 5.59. The number of carbonyl (C=O) groups excluding carboxylic acids is 2. The number of nitrogens with zero attached hydrogens (tertiary/aromatic N) is 2. The molecule has 7 nitrogen and oxygen atoms in total. The van der Waals surface area contributed by atoms with Crippen LogP contribution in [0.15, 0.2) is 77.6 Å². The van der Waals surface area contributed by atoms with Gasteiger partial charge in [0.15, 0.2) is 0 Å². The first kappa shape index (κ1) is 22.9. The van der Waals surface area contributed by atoms with Gasteiger partial charge >= 0.3 is 5.97 Å². The summed E-state index contributed by atoms with van der Waals surface area (Å²) in [5.74, 6) is -1.08. The number of nitrogens with one attached hydrogen (secondary N) is 1. The number of benzene rings is 3. The summed E-state index contributed by atoms with van der Waals surface area (Å²) in [6.07, 6.45) is -1.33. The van der Waals surface area contributed by atoms with Gasteiger partial charge in [0.25, 0.3) is 11.5 Å². The molecule has 1 amide bonds. The van der Waals surface area contributed by atoms with Crippen molar-refractivity contribution in [2.75, 3.05) is 5.32 Å². The van der Waals surface area contributed by atoms with E-state index < -0.39 is 18.0 Å². The molecular weight excluding hydrogens is 430 g/mol.